The Morgan fingerprint density at radius 3 is 2.12 bits per heavy atom. The molecule has 88 valence electrons. The molecule has 2 aromatic carbocycles. The van der Waals surface area contributed by atoms with E-state index in [2.05, 4.69) is 69.3 Å². The van der Waals surface area contributed by atoms with Gasteiger partial charge in [-0.05, 0) is 34.6 Å². The fourth-order valence-corrected chi connectivity index (χ4v) is 2.18. The maximum absolute atomic E-state index is 2.25. The molecule has 2 aromatic rings. The molecule has 0 atom stereocenters. The molecule has 0 saturated heterocycles. The average molecular weight is 224 g/mol. The summed E-state index contributed by atoms with van der Waals surface area (Å²) >= 11 is 0. The van der Waals surface area contributed by atoms with Gasteiger partial charge >= 0.3 is 0 Å². The lowest BCUT2D eigenvalue weighted by Crippen LogP contribution is -1.92. The SMILES string of the molecule is CCc1ccc(-c2ccccc2C(C)C)cc1. The largest absolute Gasteiger partial charge is 0.0619 e. The average Bonchev–Trinajstić information content (AvgIpc) is 2.39. The van der Waals surface area contributed by atoms with Gasteiger partial charge in [0.05, 0.1) is 0 Å². The molecule has 0 amide bonds. The van der Waals surface area contributed by atoms with Gasteiger partial charge in [0.1, 0.15) is 0 Å². The first-order valence-electron chi connectivity index (χ1n) is 6.40. The Bertz CT molecular complexity index is 478. The molecule has 17 heavy (non-hydrogen) atoms. The van der Waals surface area contributed by atoms with E-state index < -0.39 is 0 Å². The molecule has 0 unspecified atom stereocenters. The zero-order valence-electron chi connectivity index (χ0n) is 10.9. The van der Waals surface area contributed by atoms with Crippen LogP contribution in [0.1, 0.15) is 37.8 Å². The molecule has 0 aliphatic heterocycles. The van der Waals surface area contributed by atoms with Crippen molar-refractivity contribution < 1.29 is 0 Å². The van der Waals surface area contributed by atoms with Crippen molar-refractivity contribution >= 4 is 0 Å². The lowest BCUT2D eigenvalue weighted by atomic mass is 9.92. The summed E-state index contributed by atoms with van der Waals surface area (Å²) in [5.41, 5.74) is 5.52. The summed E-state index contributed by atoms with van der Waals surface area (Å²) in [4.78, 5) is 0. The highest BCUT2D eigenvalue weighted by Crippen LogP contribution is 2.29. The zero-order chi connectivity index (χ0) is 12.3. The number of aryl methyl sites for hydroxylation is 1. The van der Waals surface area contributed by atoms with Crippen LogP contribution in [0.15, 0.2) is 48.5 Å². The number of hydrogen-bond acceptors (Lipinski definition) is 0. The maximum Gasteiger partial charge on any atom is -0.0149 e. The molecule has 0 aromatic heterocycles. The topological polar surface area (TPSA) is 0 Å². The summed E-state index contributed by atoms with van der Waals surface area (Å²) < 4.78 is 0. The summed E-state index contributed by atoms with van der Waals surface area (Å²) in [6, 6.07) is 17.6. The van der Waals surface area contributed by atoms with Crippen LogP contribution in [0.4, 0.5) is 0 Å². The summed E-state index contributed by atoms with van der Waals surface area (Å²) in [7, 11) is 0. The van der Waals surface area contributed by atoms with Crippen molar-refractivity contribution in [1.82, 2.24) is 0 Å². The van der Waals surface area contributed by atoms with Crippen molar-refractivity contribution in [1.29, 1.82) is 0 Å². The minimum Gasteiger partial charge on any atom is -0.0619 e. The summed E-state index contributed by atoms with van der Waals surface area (Å²) in [6.45, 7) is 6.69. The number of rotatable bonds is 3. The Labute approximate surface area is 104 Å². The van der Waals surface area contributed by atoms with E-state index in [1.807, 2.05) is 0 Å². The van der Waals surface area contributed by atoms with Gasteiger partial charge in [0.25, 0.3) is 0 Å². The van der Waals surface area contributed by atoms with Crippen molar-refractivity contribution in [3.8, 4) is 11.1 Å². The van der Waals surface area contributed by atoms with E-state index in [9.17, 15) is 0 Å². The molecule has 0 heteroatoms. The van der Waals surface area contributed by atoms with Crippen LogP contribution in [-0.4, -0.2) is 0 Å². The van der Waals surface area contributed by atoms with E-state index in [0.717, 1.165) is 6.42 Å². The molecule has 0 fully saturated rings. The molecule has 0 spiro atoms. The van der Waals surface area contributed by atoms with Crippen LogP contribution < -0.4 is 0 Å². The van der Waals surface area contributed by atoms with Crippen molar-refractivity contribution in [2.45, 2.75) is 33.1 Å². The summed E-state index contributed by atoms with van der Waals surface area (Å²) in [5, 5.41) is 0. The van der Waals surface area contributed by atoms with Crippen LogP contribution in [0.5, 0.6) is 0 Å². The van der Waals surface area contributed by atoms with E-state index in [-0.39, 0.29) is 0 Å². The Morgan fingerprint density at radius 1 is 0.882 bits per heavy atom. The summed E-state index contributed by atoms with van der Waals surface area (Å²) in [5.74, 6) is 0.567. The van der Waals surface area contributed by atoms with Crippen LogP contribution in [0.25, 0.3) is 11.1 Å². The van der Waals surface area contributed by atoms with Crippen LogP contribution in [0.2, 0.25) is 0 Å². The quantitative estimate of drug-likeness (QED) is 0.685. The zero-order valence-corrected chi connectivity index (χ0v) is 10.9. The van der Waals surface area contributed by atoms with Gasteiger partial charge in [0, 0.05) is 0 Å². The van der Waals surface area contributed by atoms with Gasteiger partial charge in [0.15, 0.2) is 0 Å². The highest BCUT2D eigenvalue weighted by molar-refractivity contribution is 5.68. The molecular formula is C17H20. The van der Waals surface area contributed by atoms with Gasteiger partial charge in [-0.1, -0.05) is 69.3 Å². The second-order valence-electron chi connectivity index (χ2n) is 4.79. The number of benzene rings is 2. The van der Waals surface area contributed by atoms with Crippen LogP contribution >= 0.6 is 0 Å². The molecule has 0 heterocycles. The van der Waals surface area contributed by atoms with Gasteiger partial charge < -0.3 is 0 Å². The van der Waals surface area contributed by atoms with E-state index in [1.165, 1.54) is 22.3 Å². The Hall–Kier alpha value is -1.56. The Balaban J connectivity index is 2.45. The third kappa shape index (κ3) is 2.58. The first-order valence-corrected chi connectivity index (χ1v) is 6.40. The standard InChI is InChI=1S/C17H20/c1-4-14-9-11-15(12-10-14)17-8-6-5-7-16(17)13(2)3/h5-13H,4H2,1-3H3. The van der Waals surface area contributed by atoms with Gasteiger partial charge in [0.2, 0.25) is 0 Å². The van der Waals surface area contributed by atoms with Crippen molar-refractivity contribution in [2.24, 2.45) is 0 Å². The van der Waals surface area contributed by atoms with Crippen molar-refractivity contribution in [2.75, 3.05) is 0 Å². The van der Waals surface area contributed by atoms with E-state index in [1.54, 1.807) is 0 Å². The van der Waals surface area contributed by atoms with Crippen molar-refractivity contribution in [3.63, 3.8) is 0 Å². The summed E-state index contributed by atoms with van der Waals surface area (Å²) in [6.07, 6.45) is 1.10. The first kappa shape index (κ1) is 11.9. The highest BCUT2D eigenvalue weighted by atomic mass is 14.1. The minimum absolute atomic E-state index is 0.567. The molecule has 2 rings (SSSR count). The van der Waals surface area contributed by atoms with E-state index in [4.69, 9.17) is 0 Å². The van der Waals surface area contributed by atoms with Gasteiger partial charge in [-0.3, -0.25) is 0 Å². The van der Waals surface area contributed by atoms with Crippen molar-refractivity contribution in [3.05, 3.63) is 59.7 Å². The molecule has 0 bridgehead atoms. The molecule has 0 radical (unpaired) electrons. The lowest BCUT2D eigenvalue weighted by Gasteiger charge is -2.13. The first-order chi connectivity index (χ1) is 8.22. The van der Waals surface area contributed by atoms with Gasteiger partial charge in [-0.15, -0.1) is 0 Å². The monoisotopic (exact) mass is 224 g/mol. The molecular weight excluding hydrogens is 204 g/mol. The second kappa shape index (κ2) is 5.18. The fraction of sp³-hybridized carbons (Fsp3) is 0.294. The van der Waals surface area contributed by atoms with E-state index >= 15 is 0 Å². The van der Waals surface area contributed by atoms with Crippen LogP contribution in [0, 0.1) is 0 Å². The normalized spacial score (nSPS) is 10.8. The Morgan fingerprint density at radius 2 is 1.53 bits per heavy atom. The van der Waals surface area contributed by atoms with Gasteiger partial charge in [-0.2, -0.15) is 0 Å². The predicted octanol–water partition coefficient (Wildman–Crippen LogP) is 5.04. The van der Waals surface area contributed by atoms with Gasteiger partial charge in [-0.25, -0.2) is 0 Å². The molecule has 0 aliphatic rings. The lowest BCUT2D eigenvalue weighted by molar-refractivity contribution is 0.869. The molecule has 0 nitrogen and oxygen atoms in total. The maximum atomic E-state index is 2.25. The second-order valence-corrected chi connectivity index (χ2v) is 4.79. The fourth-order valence-electron chi connectivity index (χ4n) is 2.18. The van der Waals surface area contributed by atoms with E-state index in [0.29, 0.717) is 5.92 Å². The van der Waals surface area contributed by atoms with Crippen LogP contribution in [0.3, 0.4) is 0 Å². The third-order valence-electron chi connectivity index (χ3n) is 3.26. The molecule has 0 aliphatic carbocycles. The molecule has 0 N–H and O–H groups in total. The molecule has 0 saturated carbocycles. The smallest absolute Gasteiger partial charge is 0.0149 e. The number of hydrogen-bond donors (Lipinski definition) is 0. The third-order valence-corrected chi connectivity index (χ3v) is 3.26. The minimum atomic E-state index is 0.567. The highest BCUT2D eigenvalue weighted by Gasteiger charge is 2.07. The van der Waals surface area contributed by atoms with Crippen LogP contribution in [-0.2, 0) is 6.42 Å². The Kier molecular flexibility index (Phi) is 3.63. The predicted molar refractivity (Wildman–Crippen MR) is 75.3 cm³/mol.